The second-order valence-corrected chi connectivity index (χ2v) is 7.85. The Labute approximate surface area is 153 Å². The minimum absolute atomic E-state index is 0.0982. The summed E-state index contributed by atoms with van der Waals surface area (Å²) >= 11 is 0. The maximum atomic E-state index is 12.3. The molecule has 7 nitrogen and oxygen atoms in total. The summed E-state index contributed by atoms with van der Waals surface area (Å²) in [6.07, 6.45) is 1.98. The third-order valence-corrected chi connectivity index (χ3v) is 4.34. The van der Waals surface area contributed by atoms with Crippen molar-refractivity contribution in [3.05, 3.63) is 52.3 Å². The molecule has 138 valence electrons. The third-order valence-electron chi connectivity index (χ3n) is 4.34. The standard InChI is InChI=1S/C19H26N6O/c1-13(2)24(10-14-11-25(23-22-14)19(3,4)5)12-17-20-16-9-7-6-8-15(16)18(26)21-17/h6-9,11,13H,10,12H2,1-5H3,(H,20,21,26). The fraction of sp³-hybridized carbons (Fsp3) is 0.474. The van der Waals surface area contributed by atoms with Gasteiger partial charge in [0.05, 0.1) is 34.9 Å². The number of fused-ring (bicyclic) bond motifs is 1. The number of aromatic nitrogens is 5. The van der Waals surface area contributed by atoms with E-state index in [9.17, 15) is 4.79 Å². The van der Waals surface area contributed by atoms with Crippen molar-refractivity contribution < 1.29 is 0 Å². The topological polar surface area (TPSA) is 79.7 Å². The Kier molecular flexibility index (Phi) is 4.91. The van der Waals surface area contributed by atoms with Gasteiger partial charge in [-0.15, -0.1) is 5.10 Å². The maximum absolute atomic E-state index is 12.3. The summed E-state index contributed by atoms with van der Waals surface area (Å²) in [4.78, 5) is 22.0. The van der Waals surface area contributed by atoms with E-state index in [1.165, 1.54) is 0 Å². The van der Waals surface area contributed by atoms with Gasteiger partial charge in [0.1, 0.15) is 5.82 Å². The Morgan fingerprint density at radius 1 is 1.19 bits per heavy atom. The molecule has 0 bridgehead atoms. The van der Waals surface area contributed by atoms with Crippen LogP contribution in [0.4, 0.5) is 0 Å². The molecule has 0 unspecified atom stereocenters. The van der Waals surface area contributed by atoms with Crippen molar-refractivity contribution in [2.24, 2.45) is 0 Å². The number of hydrogen-bond donors (Lipinski definition) is 1. The minimum atomic E-state index is -0.104. The lowest BCUT2D eigenvalue weighted by Crippen LogP contribution is -2.31. The smallest absolute Gasteiger partial charge is 0.258 e. The van der Waals surface area contributed by atoms with Crippen molar-refractivity contribution in [1.82, 2.24) is 29.9 Å². The van der Waals surface area contributed by atoms with Gasteiger partial charge in [-0.1, -0.05) is 17.3 Å². The Morgan fingerprint density at radius 2 is 1.92 bits per heavy atom. The highest BCUT2D eigenvalue weighted by Gasteiger charge is 2.18. The fourth-order valence-electron chi connectivity index (χ4n) is 2.73. The summed E-state index contributed by atoms with van der Waals surface area (Å²) in [5.74, 6) is 0.658. The van der Waals surface area contributed by atoms with Gasteiger partial charge in [-0.05, 0) is 46.8 Å². The monoisotopic (exact) mass is 354 g/mol. The van der Waals surface area contributed by atoms with Crippen LogP contribution in [-0.2, 0) is 18.6 Å². The second-order valence-electron chi connectivity index (χ2n) is 7.85. The van der Waals surface area contributed by atoms with Crippen LogP contribution in [0.25, 0.3) is 10.9 Å². The first-order valence-electron chi connectivity index (χ1n) is 8.88. The Hall–Kier alpha value is -2.54. The van der Waals surface area contributed by atoms with Gasteiger partial charge in [-0.25, -0.2) is 9.67 Å². The number of benzene rings is 1. The predicted octanol–water partition coefficient (Wildman–Crippen LogP) is 2.68. The van der Waals surface area contributed by atoms with E-state index in [0.717, 1.165) is 5.69 Å². The molecule has 0 fully saturated rings. The quantitative estimate of drug-likeness (QED) is 0.762. The van der Waals surface area contributed by atoms with Gasteiger partial charge in [0.25, 0.3) is 5.56 Å². The van der Waals surface area contributed by atoms with Crippen LogP contribution in [-0.4, -0.2) is 35.9 Å². The molecule has 0 aliphatic heterocycles. The molecule has 0 aliphatic rings. The van der Waals surface area contributed by atoms with Gasteiger partial charge >= 0.3 is 0 Å². The van der Waals surface area contributed by atoms with Crippen molar-refractivity contribution in [3.8, 4) is 0 Å². The molecule has 7 heteroatoms. The average Bonchev–Trinajstić information content (AvgIpc) is 3.03. The van der Waals surface area contributed by atoms with Crippen LogP contribution in [0.5, 0.6) is 0 Å². The SMILES string of the molecule is CC(C)N(Cc1cn(C(C)(C)C)nn1)Cc1nc2ccccc2c(=O)[nH]1. The number of hydrogen-bond acceptors (Lipinski definition) is 5. The van der Waals surface area contributed by atoms with E-state index in [-0.39, 0.29) is 17.1 Å². The number of H-pyrrole nitrogens is 1. The van der Waals surface area contributed by atoms with Gasteiger partial charge in [-0.3, -0.25) is 9.69 Å². The molecule has 2 aromatic heterocycles. The molecule has 0 saturated carbocycles. The maximum Gasteiger partial charge on any atom is 0.258 e. The first-order valence-corrected chi connectivity index (χ1v) is 8.88. The largest absolute Gasteiger partial charge is 0.309 e. The van der Waals surface area contributed by atoms with Gasteiger partial charge in [0, 0.05) is 12.6 Å². The van der Waals surface area contributed by atoms with E-state index in [0.29, 0.717) is 29.8 Å². The van der Waals surface area contributed by atoms with Crippen molar-refractivity contribution in [3.63, 3.8) is 0 Å². The normalized spacial score (nSPS) is 12.4. The van der Waals surface area contributed by atoms with Crippen LogP contribution in [0.1, 0.15) is 46.1 Å². The summed E-state index contributed by atoms with van der Waals surface area (Å²) in [6, 6.07) is 7.66. The summed E-state index contributed by atoms with van der Waals surface area (Å²) in [6.45, 7) is 11.7. The molecular formula is C19H26N6O. The third kappa shape index (κ3) is 3.99. The Morgan fingerprint density at radius 3 is 2.58 bits per heavy atom. The molecule has 1 N–H and O–H groups in total. The number of nitrogens with zero attached hydrogens (tertiary/aromatic N) is 5. The van der Waals surface area contributed by atoms with E-state index >= 15 is 0 Å². The molecule has 3 rings (SSSR count). The van der Waals surface area contributed by atoms with Crippen LogP contribution in [0.2, 0.25) is 0 Å². The molecule has 0 saturated heterocycles. The van der Waals surface area contributed by atoms with Crippen molar-refractivity contribution in [2.45, 2.75) is 59.3 Å². The number of rotatable bonds is 5. The van der Waals surface area contributed by atoms with Gasteiger partial charge < -0.3 is 4.98 Å². The van der Waals surface area contributed by atoms with Gasteiger partial charge in [-0.2, -0.15) is 0 Å². The number of aromatic amines is 1. The zero-order valence-electron chi connectivity index (χ0n) is 16.0. The van der Waals surface area contributed by atoms with Crippen LogP contribution in [0.15, 0.2) is 35.3 Å². The first-order chi connectivity index (χ1) is 12.2. The molecular weight excluding hydrogens is 328 g/mol. The lowest BCUT2D eigenvalue weighted by atomic mass is 10.1. The Bertz CT molecular complexity index is 950. The number of para-hydroxylation sites is 1. The van der Waals surface area contributed by atoms with Crippen molar-refractivity contribution in [1.29, 1.82) is 0 Å². The number of nitrogens with one attached hydrogen (secondary N) is 1. The van der Waals surface area contributed by atoms with E-state index in [1.807, 2.05) is 29.1 Å². The van der Waals surface area contributed by atoms with E-state index < -0.39 is 0 Å². The van der Waals surface area contributed by atoms with Crippen LogP contribution in [0, 0.1) is 0 Å². The van der Waals surface area contributed by atoms with Gasteiger partial charge in [0.15, 0.2) is 0 Å². The van der Waals surface area contributed by atoms with Gasteiger partial charge in [0.2, 0.25) is 0 Å². The highest BCUT2D eigenvalue weighted by molar-refractivity contribution is 5.77. The zero-order chi connectivity index (χ0) is 18.9. The van der Waals surface area contributed by atoms with Crippen molar-refractivity contribution >= 4 is 10.9 Å². The van der Waals surface area contributed by atoms with Crippen LogP contribution >= 0.6 is 0 Å². The minimum Gasteiger partial charge on any atom is -0.309 e. The second kappa shape index (κ2) is 6.99. The molecule has 1 aromatic carbocycles. The van der Waals surface area contributed by atoms with E-state index in [2.05, 4.69) is 59.8 Å². The van der Waals surface area contributed by atoms with E-state index in [1.54, 1.807) is 6.07 Å². The average molecular weight is 354 g/mol. The van der Waals surface area contributed by atoms with Crippen molar-refractivity contribution in [2.75, 3.05) is 0 Å². The molecule has 2 heterocycles. The highest BCUT2D eigenvalue weighted by Crippen LogP contribution is 2.15. The molecule has 0 spiro atoms. The zero-order valence-corrected chi connectivity index (χ0v) is 16.0. The molecule has 26 heavy (non-hydrogen) atoms. The summed E-state index contributed by atoms with van der Waals surface area (Å²) in [5.41, 5.74) is 1.41. The molecule has 0 amide bonds. The van der Waals surface area contributed by atoms with Crippen LogP contribution in [0.3, 0.4) is 0 Å². The predicted molar refractivity (Wildman–Crippen MR) is 102 cm³/mol. The van der Waals surface area contributed by atoms with E-state index in [4.69, 9.17) is 0 Å². The fourth-order valence-corrected chi connectivity index (χ4v) is 2.73. The lowest BCUT2D eigenvalue weighted by Gasteiger charge is -2.25. The highest BCUT2D eigenvalue weighted by atomic mass is 16.1. The molecule has 0 aliphatic carbocycles. The first kappa shape index (κ1) is 18.3. The summed E-state index contributed by atoms with van der Waals surface area (Å²) in [5, 5.41) is 9.13. The molecule has 0 atom stereocenters. The molecule has 3 aromatic rings. The van der Waals surface area contributed by atoms with Crippen LogP contribution < -0.4 is 5.56 Å². The summed E-state index contributed by atoms with van der Waals surface area (Å²) in [7, 11) is 0. The lowest BCUT2D eigenvalue weighted by molar-refractivity contribution is 0.196. The summed E-state index contributed by atoms with van der Waals surface area (Å²) < 4.78 is 1.87. The molecule has 0 radical (unpaired) electrons. The Balaban J connectivity index is 1.83.